The van der Waals surface area contributed by atoms with Gasteiger partial charge in [0.1, 0.15) is 11.6 Å². The molecule has 2 aromatic rings. The van der Waals surface area contributed by atoms with Crippen molar-refractivity contribution >= 4 is 29.5 Å². The minimum atomic E-state index is -1.48. The highest BCUT2D eigenvalue weighted by atomic mass is 16.5. The smallest absolute Gasteiger partial charge is 0.326 e. The molecule has 5 N–H and O–H groups in total. The molecular weight excluding hydrogens is 514 g/mol. The van der Waals surface area contributed by atoms with Crippen LogP contribution in [0, 0.1) is 5.92 Å². The average molecular weight is 552 g/mol. The Morgan fingerprint density at radius 2 is 1.50 bits per heavy atom. The van der Waals surface area contributed by atoms with E-state index in [9.17, 15) is 24.0 Å². The summed E-state index contributed by atoms with van der Waals surface area (Å²) >= 11 is 0. The summed E-state index contributed by atoms with van der Waals surface area (Å²) < 4.78 is 5.18. The molecule has 0 bridgehead atoms. The second-order valence-electron chi connectivity index (χ2n) is 10.1. The van der Waals surface area contributed by atoms with Crippen molar-refractivity contribution in [2.24, 2.45) is 11.7 Å². The lowest BCUT2D eigenvalue weighted by Crippen LogP contribution is -2.59. The molecule has 40 heavy (non-hydrogen) atoms. The van der Waals surface area contributed by atoms with Gasteiger partial charge in [-0.05, 0) is 37.3 Å². The van der Waals surface area contributed by atoms with Crippen LogP contribution in [0.4, 0.5) is 0 Å². The molecule has 2 unspecified atom stereocenters. The number of nitrogens with one attached hydrogen (secondary N) is 2. The van der Waals surface area contributed by atoms with Crippen LogP contribution in [0.5, 0.6) is 0 Å². The van der Waals surface area contributed by atoms with Gasteiger partial charge < -0.3 is 26.2 Å². The van der Waals surface area contributed by atoms with Crippen LogP contribution in [0.15, 0.2) is 60.7 Å². The van der Waals surface area contributed by atoms with Gasteiger partial charge in [0.15, 0.2) is 5.78 Å². The molecule has 10 nitrogen and oxygen atoms in total. The van der Waals surface area contributed by atoms with E-state index >= 15 is 0 Å². The van der Waals surface area contributed by atoms with E-state index in [0.717, 1.165) is 11.1 Å². The summed E-state index contributed by atoms with van der Waals surface area (Å²) in [6, 6.07) is 16.1. The van der Waals surface area contributed by atoms with Crippen LogP contribution in [-0.2, 0) is 41.6 Å². The van der Waals surface area contributed by atoms with E-state index in [1.54, 1.807) is 31.2 Å². The molecule has 0 saturated heterocycles. The quantitative estimate of drug-likeness (QED) is 0.259. The number of carboxylic acid groups (broad SMARTS) is 1. The minimum absolute atomic E-state index is 0.130. The number of carbonyl (C=O) groups excluding carboxylic acids is 4. The van der Waals surface area contributed by atoms with E-state index in [0.29, 0.717) is 19.3 Å². The molecule has 0 radical (unpaired) electrons. The molecule has 1 saturated carbocycles. The van der Waals surface area contributed by atoms with Gasteiger partial charge >= 0.3 is 11.9 Å². The molecule has 3 rings (SSSR count). The number of carboxylic acids is 1. The number of rotatable bonds is 14. The zero-order valence-electron chi connectivity index (χ0n) is 22.6. The van der Waals surface area contributed by atoms with Gasteiger partial charge in [0.05, 0.1) is 19.1 Å². The number of nitrogens with two attached hydrogens (primary N) is 1. The maximum Gasteiger partial charge on any atom is 0.326 e. The monoisotopic (exact) mass is 551 g/mol. The molecule has 1 aliphatic rings. The van der Waals surface area contributed by atoms with Crippen LogP contribution in [0.25, 0.3) is 0 Å². The van der Waals surface area contributed by atoms with Crippen LogP contribution in [-0.4, -0.2) is 58.9 Å². The first-order valence-corrected chi connectivity index (χ1v) is 13.5. The molecule has 214 valence electrons. The first-order valence-electron chi connectivity index (χ1n) is 13.5. The Bertz CT molecular complexity index is 1190. The Morgan fingerprint density at radius 3 is 2.05 bits per heavy atom. The predicted octanol–water partition coefficient (Wildman–Crippen LogP) is 1.94. The third-order valence-electron chi connectivity index (χ3n) is 7.15. The first-order chi connectivity index (χ1) is 19.1. The van der Waals surface area contributed by atoms with Gasteiger partial charge in [0.2, 0.25) is 11.8 Å². The summed E-state index contributed by atoms with van der Waals surface area (Å²) in [6.07, 6.45) is 0.857. The number of benzene rings is 2. The molecule has 4 atom stereocenters. The summed E-state index contributed by atoms with van der Waals surface area (Å²) in [6.45, 7) is 1.80. The number of Topliss-reactive ketones (excluding diaryl/α,β-unsaturated/α-hetero) is 1. The largest absolute Gasteiger partial charge is 0.481 e. The van der Waals surface area contributed by atoms with Gasteiger partial charge in [-0.2, -0.15) is 0 Å². The number of carbonyl (C=O) groups is 5. The SMILES string of the molecule is CCOC(=O)C1(N)CCCC1C(=O)[C@H](Cc1ccccc1)NC(=O)[C@H](Cc1ccccc1)NC(=O)CCC(=O)O. The summed E-state index contributed by atoms with van der Waals surface area (Å²) in [7, 11) is 0. The molecule has 0 aliphatic heterocycles. The van der Waals surface area contributed by atoms with E-state index in [-0.39, 0.29) is 38.1 Å². The lowest BCUT2D eigenvalue weighted by molar-refractivity contribution is -0.153. The molecule has 0 aromatic heterocycles. The van der Waals surface area contributed by atoms with Crippen molar-refractivity contribution in [3.8, 4) is 0 Å². The molecule has 1 fully saturated rings. The third kappa shape index (κ3) is 8.22. The number of ketones is 1. The van der Waals surface area contributed by atoms with Gasteiger partial charge in [-0.25, -0.2) is 0 Å². The Hall–Kier alpha value is -4.05. The van der Waals surface area contributed by atoms with Gasteiger partial charge in [-0.3, -0.25) is 24.0 Å². The molecule has 10 heteroatoms. The van der Waals surface area contributed by atoms with Crippen molar-refractivity contribution in [1.29, 1.82) is 0 Å². The summed E-state index contributed by atoms with van der Waals surface area (Å²) in [5, 5.41) is 14.4. The van der Waals surface area contributed by atoms with Crippen molar-refractivity contribution in [3.63, 3.8) is 0 Å². The number of amides is 2. The van der Waals surface area contributed by atoms with E-state index in [2.05, 4.69) is 10.6 Å². The highest BCUT2D eigenvalue weighted by molar-refractivity contribution is 5.98. The zero-order valence-corrected chi connectivity index (χ0v) is 22.6. The summed E-state index contributed by atoms with van der Waals surface area (Å²) in [5.41, 5.74) is 6.55. The molecular formula is C30H37N3O7. The summed E-state index contributed by atoms with van der Waals surface area (Å²) in [4.78, 5) is 63.7. The maximum atomic E-state index is 13.9. The Morgan fingerprint density at radius 1 is 0.925 bits per heavy atom. The normalized spacial score (nSPS) is 19.7. The Balaban J connectivity index is 1.87. The predicted molar refractivity (Wildman–Crippen MR) is 147 cm³/mol. The number of hydrogen-bond donors (Lipinski definition) is 4. The summed E-state index contributed by atoms with van der Waals surface area (Å²) in [5.74, 6) is -4.18. The topological polar surface area (TPSA) is 165 Å². The molecule has 2 amide bonds. The first kappa shape index (κ1) is 30.5. The number of ether oxygens (including phenoxy) is 1. The third-order valence-corrected chi connectivity index (χ3v) is 7.15. The van der Waals surface area contributed by atoms with Crippen molar-refractivity contribution in [2.45, 2.75) is 69.5 Å². The van der Waals surface area contributed by atoms with Crippen molar-refractivity contribution in [1.82, 2.24) is 10.6 Å². The fourth-order valence-corrected chi connectivity index (χ4v) is 5.07. The lowest BCUT2D eigenvalue weighted by atomic mass is 9.81. The van der Waals surface area contributed by atoms with Crippen LogP contribution in [0.2, 0.25) is 0 Å². The van der Waals surface area contributed by atoms with Crippen LogP contribution in [0.3, 0.4) is 0 Å². The molecule has 1 aliphatic carbocycles. The fourth-order valence-electron chi connectivity index (χ4n) is 5.07. The minimum Gasteiger partial charge on any atom is -0.481 e. The Labute approximate surface area is 233 Å². The highest BCUT2D eigenvalue weighted by Gasteiger charge is 2.52. The van der Waals surface area contributed by atoms with E-state index in [4.69, 9.17) is 15.6 Å². The van der Waals surface area contributed by atoms with Gasteiger partial charge in [-0.1, -0.05) is 67.1 Å². The number of hydrogen-bond acceptors (Lipinski definition) is 7. The van der Waals surface area contributed by atoms with Gasteiger partial charge in [-0.15, -0.1) is 0 Å². The van der Waals surface area contributed by atoms with E-state index < -0.39 is 47.3 Å². The standard InChI is InChI=1S/C30H37N3O7/c1-2-40-29(39)30(31)17-9-14-22(30)27(37)23(18-20-10-5-3-6-11-20)33-28(38)24(19-21-12-7-4-8-13-21)32-25(34)15-16-26(35)36/h3-8,10-13,22-24H,2,9,14-19,31H2,1H3,(H,32,34)(H,33,38)(H,35,36)/t22?,23-,24-,30?/m0/s1. The van der Waals surface area contributed by atoms with Crippen LogP contribution < -0.4 is 16.4 Å². The highest BCUT2D eigenvalue weighted by Crippen LogP contribution is 2.36. The van der Waals surface area contributed by atoms with Gasteiger partial charge in [0, 0.05) is 18.8 Å². The van der Waals surface area contributed by atoms with E-state index in [1.165, 1.54) is 0 Å². The molecule has 2 aromatic carbocycles. The van der Waals surface area contributed by atoms with Crippen LogP contribution in [0.1, 0.15) is 50.2 Å². The number of aliphatic carboxylic acids is 1. The van der Waals surface area contributed by atoms with Gasteiger partial charge in [0.25, 0.3) is 0 Å². The van der Waals surface area contributed by atoms with Crippen LogP contribution >= 0.6 is 0 Å². The molecule has 0 spiro atoms. The number of esters is 1. The lowest BCUT2D eigenvalue weighted by Gasteiger charge is -2.31. The van der Waals surface area contributed by atoms with Crippen molar-refractivity contribution in [3.05, 3.63) is 71.8 Å². The van der Waals surface area contributed by atoms with Crippen molar-refractivity contribution in [2.75, 3.05) is 6.61 Å². The Kier molecular flexibility index (Phi) is 11.0. The molecule has 0 heterocycles. The van der Waals surface area contributed by atoms with E-state index in [1.807, 2.05) is 36.4 Å². The second-order valence-corrected chi connectivity index (χ2v) is 10.1. The second kappa shape index (κ2) is 14.4. The maximum absolute atomic E-state index is 13.9. The zero-order chi connectivity index (χ0) is 29.1. The van der Waals surface area contributed by atoms with Crippen molar-refractivity contribution < 1.29 is 33.8 Å². The fraction of sp³-hybridized carbons (Fsp3) is 0.433. The average Bonchev–Trinajstić information content (AvgIpc) is 3.34.